The normalized spacial score (nSPS) is 16.1. The maximum absolute atomic E-state index is 10.3. The first-order chi connectivity index (χ1) is 24.6. The average molecular weight is 679 g/mol. The molecule has 0 N–H and O–H groups in total. The van der Waals surface area contributed by atoms with E-state index in [0.29, 0.717) is 5.57 Å². The summed E-state index contributed by atoms with van der Waals surface area (Å²) < 4.78 is 11.4. The molecule has 1 aliphatic heterocycles. The third-order valence-electron chi connectivity index (χ3n) is 10.6. The van der Waals surface area contributed by atoms with Crippen LogP contribution >= 0.6 is 22.7 Å². The van der Waals surface area contributed by atoms with E-state index in [1.165, 1.54) is 68.7 Å². The van der Waals surface area contributed by atoms with Gasteiger partial charge in [-0.05, 0) is 71.9 Å². The standard InChI is InChI=1S/C43H26N4OS2/c44-22-26(23-45)40-33(24-46)34(43(48-40)18-7-2-8-19-43)17-16-27-20-36-41(49-27)38-30-14-9-13-29-31(25-10-3-1-4-11-25)21-32-28-12-5-6-15-35(28)47(42(38)50-36)39(32)37(29)30/h1,3-6,9-17,20-21H,2,7-8,18-19H2/b17-16+. The molecule has 0 bridgehead atoms. The first kappa shape index (κ1) is 29.0. The fourth-order valence-corrected chi connectivity index (χ4v) is 11.1. The summed E-state index contributed by atoms with van der Waals surface area (Å²) in [6, 6.07) is 37.0. The number of benzene rings is 4. The van der Waals surface area contributed by atoms with Gasteiger partial charge < -0.3 is 4.74 Å². The van der Waals surface area contributed by atoms with Crippen LogP contribution in [0.25, 0.3) is 74.8 Å². The molecule has 4 aromatic heterocycles. The van der Waals surface area contributed by atoms with E-state index in [0.717, 1.165) is 42.6 Å². The van der Waals surface area contributed by atoms with Crippen molar-refractivity contribution in [3.8, 4) is 29.3 Å². The van der Waals surface area contributed by atoms with Gasteiger partial charge in [-0.3, -0.25) is 4.40 Å². The highest BCUT2D eigenvalue weighted by Gasteiger charge is 2.46. The third-order valence-corrected chi connectivity index (χ3v) is 13.0. The van der Waals surface area contributed by atoms with E-state index in [1.807, 2.05) is 29.6 Å². The molecule has 0 amide bonds. The maximum Gasteiger partial charge on any atom is 0.172 e. The molecule has 5 nitrogen and oxygen atoms in total. The van der Waals surface area contributed by atoms with Gasteiger partial charge in [0.25, 0.3) is 0 Å². The molecule has 5 heterocycles. The van der Waals surface area contributed by atoms with Crippen molar-refractivity contribution in [2.24, 2.45) is 0 Å². The lowest BCUT2D eigenvalue weighted by atomic mass is 9.78. The van der Waals surface area contributed by atoms with Crippen molar-refractivity contribution in [2.75, 3.05) is 0 Å². The highest BCUT2D eigenvalue weighted by Crippen LogP contribution is 2.51. The molecule has 4 aromatic carbocycles. The van der Waals surface area contributed by atoms with Crippen molar-refractivity contribution in [3.05, 3.63) is 118 Å². The molecule has 7 heteroatoms. The summed E-state index contributed by atoms with van der Waals surface area (Å²) in [6.45, 7) is 0. The summed E-state index contributed by atoms with van der Waals surface area (Å²) in [5.41, 5.74) is 5.19. The number of aromatic nitrogens is 1. The number of hydrogen-bond donors (Lipinski definition) is 0. The number of fused-ring (bicyclic) bond motifs is 8. The molecule has 1 spiro atoms. The molecule has 236 valence electrons. The lowest BCUT2D eigenvalue weighted by Crippen LogP contribution is -2.33. The fraction of sp³-hybridized carbons (Fsp3) is 0.140. The molecule has 0 atom stereocenters. The van der Waals surface area contributed by atoms with Crippen molar-refractivity contribution >= 4 is 86.3 Å². The summed E-state index contributed by atoms with van der Waals surface area (Å²) in [5.74, 6) is 0.132. The zero-order chi connectivity index (χ0) is 33.6. The second-order valence-corrected chi connectivity index (χ2v) is 15.3. The SMILES string of the molecule is N#CC(C#N)=C1OC2(CCCCC2)C(/C=C/c2cc3sc4c(c5cccc6c(-c7ccccc7)cc7c8ccccc8n4c7c65)c3s2)=C1C#N. The van der Waals surface area contributed by atoms with Gasteiger partial charge >= 0.3 is 0 Å². The van der Waals surface area contributed by atoms with Crippen molar-refractivity contribution in [2.45, 2.75) is 37.7 Å². The van der Waals surface area contributed by atoms with E-state index in [9.17, 15) is 15.8 Å². The van der Waals surface area contributed by atoms with Crippen LogP contribution < -0.4 is 0 Å². The molecule has 1 saturated carbocycles. The monoisotopic (exact) mass is 678 g/mol. The van der Waals surface area contributed by atoms with Crippen LogP contribution in [-0.4, -0.2) is 10.0 Å². The summed E-state index contributed by atoms with van der Waals surface area (Å²) in [6.07, 6.45) is 8.66. The van der Waals surface area contributed by atoms with Crippen LogP contribution in [0.1, 0.15) is 37.0 Å². The van der Waals surface area contributed by atoms with Gasteiger partial charge in [0.2, 0.25) is 0 Å². The summed E-state index contributed by atoms with van der Waals surface area (Å²) >= 11 is 3.59. The van der Waals surface area contributed by atoms with E-state index < -0.39 is 5.60 Å². The second-order valence-electron chi connectivity index (χ2n) is 13.2. The number of hydrogen-bond acceptors (Lipinski definition) is 6. The van der Waals surface area contributed by atoms with Crippen molar-refractivity contribution in [1.82, 2.24) is 4.40 Å². The molecule has 8 aromatic rings. The number of thiophene rings is 2. The van der Waals surface area contributed by atoms with Gasteiger partial charge in [0.15, 0.2) is 11.3 Å². The average Bonchev–Trinajstić information content (AvgIpc) is 3.89. The van der Waals surface area contributed by atoms with Gasteiger partial charge in [-0.1, -0.05) is 79.2 Å². The number of ether oxygens (including phenoxy) is 1. The fourth-order valence-electron chi connectivity index (χ4n) is 8.52. The zero-order valence-electron chi connectivity index (χ0n) is 26.8. The van der Waals surface area contributed by atoms with E-state index in [2.05, 4.69) is 101 Å². The number of allylic oxidation sites excluding steroid dienone is 2. The molecule has 50 heavy (non-hydrogen) atoms. The van der Waals surface area contributed by atoms with Gasteiger partial charge in [-0.25, -0.2) is 0 Å². The molecule has 0 unspecified atom stereocenters. The zero-order valence-corrected chi connectivity index (χ0v) is 28.4. The Labute approximate surface area is 295 Å². The Morgan fingerprint density at radius 1 is 0.760 bits per heavy atom. The minimum Gasteiger partial charge on any atom is -0.479 e. The van der Waals surface area contributed by atoms with E-state index in [-0.39, 0.29) is 11.3 Å². The van der Waals surface area contributed by atoms with Crippen LogP contribution in [0.4, 0.5) is 0 Å². The van der Waals surface area contributed by atoms with Crippen molar-refractivity contribution in [1.29, 1.82) is 15.8 Å². The molecule has 10 rings (SSSR count). The largest absolute Gasteiger partial charge is 0.479 e. The van der Waals surface area contributed by atoms with Crippen LogP contribution in [0, 0.1) is 34.0 Å². The molecule has 1 fully saturated rings. The summed E-state index contributed by atoms with van der Waals surface area (Å²) in [5, 5.41) is 37.2. The number of para-hydroxylation sites is 1. The molecule has 0 saturated heterocycles. The lowest BCUT2D eigenvalue weighted by Gasteiger charge is -2.34. The van der Waals surface area contributed by atoms with Gasteiger partial charge in [0.05, 0.1) is 15.7 Å². The Balaban J connectivity index is 1.22. The van der Waals surface area contributed by atoms with Crippen LogP contribution in [0.15, 0.2) is 113 Å². The van der Waals surface area contributed by atoms with Crippen LogP contribution in [0.5, 0.6) is 0 Å². The number of nitriles is 3. The van der Waals surface area contributed by atoms with Crippen LogP contribution in [0.3, 0.4) is 0 Å². The molecule has 1 aliphatic carbocycles. The minimum absolute atomic E-state index is 0.132. The number of pyridine rings is 1. The Morgan fingerprint density at radius 2 is 1.52 bits per heavy atom. The van der Waals surface area contributed by atoms with Crippen molar-refractivity contribution in [3.63, 3.8) is 0 Å². The molecule has 2 aliphatic rings. The predicted molar refractivity (Wildman–Crippen MR) is 204 cm³/mol. The topological polar surface area (TPSA) is 85.0 Å². The summed E-state index contributed by atoms with van der Waals surface area (Å²) in [7, 11) is 0. The van der Waals surface area contributed by atoms with Gasteiger partial charge in [0, 0.05) is 36.7 Å². The van der Waals surface area contributed by atoms with E-state index in [1.54, 1.807) is 11.3 Å². The predicted octanol–water partition coefficient (Wildman–Crippen LogP) is 11.8. The van der Waals surface area contributed by atoms with Crippen LogP contribution in [0.2, 0.25) is 0 Å². The lowest BCUT2D eigenvalue weighted by molar-refractivity contribution is 0.0258. The Hall–Kier alpha value is -5.91. The Morgan fingerprint density at radius 3 is 2.32 bits per heavy atom. The Kier molecular flexibility index (Phi) is 6.27. The maximum atomic E-state index is 10.3. The van der Waals surface area contributed by atoms with E-state index in [4.69, 9.17) is 4.74 Å². The quantitative estimate of drug-likeness (QED) is 0.174. The van der Waals surface area contributed by atoms with Crippen LogP contribution in [-0.2, 0) is 4.74 Å². The highest BCUT2D eigenvalue weighted by atomic mass is 32.1. The minimum atomic E-state index is -0.682. The smallest absolute Gasteiger partial charge is 0.172 e. The first-order valence-corrected chi connectivity index (χ1v) is 18.5. The van der Waals surface area contributed by atoms with Gasteiger partial charge in [-0.15, -0.1) is 22.7 Å². The molecule has 0 radical (unpaired) electrons. The number of rotatable bonds is 3. The van der Waals surface area contributed by atoms with Crippen molar-refractivity contribution < 1.29 is 4.74 Å². The Bertz CT molecular complexity index is 2950. The molecular weight excluding hydrogens is 653 g/mol. The first-order valence-electron chi connectivity index (χ1n) is 16.8. The number of nitrogens with zero attached hydrogens (tertiary/aromatic N) is 4. The third kappa shape index (κ3) is 3.89. The summed E-state index contributed by atoms with van der Waals surface area (Å²) in [4.78, 5) is 2.33. The van der Waals surface area contributed by atoms with E-state index >= 15 is 0 Å². The van der Waals surface area contributed by atoms with Gasteiger partial charge in [-0.2, -0.15) is 15.8 Å². The second kappa shape index (κ2) is 10.8. The molecular formula is C43H26N4OS2. The highest BCUT2D eigenvalue weighted by molar-refractivity contribution is 7.33. The van der Waals surface area contributed by atoms with Gasteiger partial charge in [0.1, 0.15) is 34.2 Å².